The van der Waals surface area contributed by atoms with E-state index >= 15 is 0 Å². The highest BCUT2D eigenvalue weighted by Gasteiger charge is 2.03. The van der Waals surface area contributed by atoms with Gasteiger partial charge in [0, 0.05) is 12.6 Å². The van der Waals surface area contributed by atoms with E-state index in [0.717, 1.165) is 6.54 Å². The zero-order valence-corrected chi connectivity index (χ0v) is 12.9. The molecule has 18 heavy (non-hydrogen) atoms. The van der Waals surface area contributed by atoms with Crippen molar-refractivity contribution in [3.8, 4) is 0 Å². The first kappa shape index (κ1) is 16.9. The first-order chi connectivity index (χ1) is 8.38. The molecular formula is C17H29N. The Morgan fingerprint density at radius 2 is 1.78 bits per heavy atom. The normalized spacial score (nSPS) is 13.7. The van der Waals surface area contributed by atoms with E-state index in [0.29, 0.717) is 12.0 Å². The van der Waals surface area contributed by atoms with Crippen LogP contribution in [0.3, 0.4) is 0 Å². The summed E-state index contributed by atoms with van der Waals surface area (Å²) < 4.78 is 0. The van der Waals surface area contributed by atoms with Crippen molar-refractivity contribution in [2.24, 2.45) is 5.92 Å². The van der Waals surface area contributed by atoms with E-state index in [2.05, 4.69) is 83.5 Å². The quantitative estimate of drug-likeness (QED) is 0.594. The van der Waals surface area contributed by atoms with Crippen molar-refractivity contribution < 1.29 is 0 Å². The molecule has 0 saturated carbocycles. The van der Waals surface area contributed by atoms with Gasteiger partial charge in [0.2, 0.25) is 0 Å². The van der Waals surface area contributed by atoms with Gasteiger partial charge in [-0.05, 0) is 39.3 Å². The summed E-state index contributed by atoms with van der Waals surface area (Å²) in [7, 11) is 2.15. The third-order valence-corrected chi connectivity index (χ3v) is 3.06. The van der Waals surface area contributed by atoms with Crippen molar-refractivity contribution in [2.75, 3.05) is 13.6 Å². The molecule has 0 atom stereocenters. The molecule has 0 N–H and O–H groups in total. The molecule has 0 saturated heterocycles. The molecule has 0 radical (unpaired) electrons. The zero-order chi connectivity index (χ0) is 14.1. The molecule has 0 amide bonds. The molecular weight excluding hydrogens is 218 g/mol. The van der Waals surface area contributed by atoms with E-state index in [-0.39, 0.29) is 0 Å². The van der Waals surface area contributed by atoms with Gasteiger partial charge in [0.1, 0.15) is 0 Å². The largest absolute Gasteiger partial charge is 0.300 e. The molecule has 1 heteroatoms. The molecule has 0 aliphatic rings. The third kappa shape index (κ3) is 7.29. The van der Waals surface area contributed by atoms with Gasteiger partial charge in [-0.1, -0.05) is 56.4 Å². The second kappa shape index (κ2) is 8.93. The molecule has 0 aromatic carbocycles. The van der Waals surface area contributed by atoms with Gasteiger partial charge in [-0.2, -0.15) is 0 Å². The molecule has 0 spiro atoms. The van der Waals surface area contributed by atoms with Crippen LogP contribution in [0.5, 0.6) is 0 Å². The van der Waals surface area contributed by atoms with Crippen LogP contribution in [-0.2, 0) is 0 Å². The minimum Gasteiger partial charge on any atom is -0.300 e. The van der Waals surface area contributed by atoms with Crippen molar-refractivity contribution in [1.82, 2.24) is 4.90 Å². The Hall–Kier alpha value is -1.08. The Morgan fingerprint density at radius 1 is 1.17 bits per heavy atom. The summed E-state index contributed by atoms with van der Waals surface area (Å²) in [5, 5.41) is 0. The summed E-state index contributed by atoms with van der Waals surface area (Å²) in [6.45, 7) is 15.8. The van der Waals surface area contributed by atoms with Crippen molar-refractivity contribution in [3.63, 3.8) is 0 Å². The van der Waals surface area contributed by atoms with Gasteiger partial charge in [0.25, 0.3) is 0 Å². The maximum absolute atomic E-state index is 4.04. The summed E-state index contributed by atoms with van der Waals surface area (Å²) in [6, 6.07) is 0.563. The number of hydrogen-bond donors (Lipinski definition) is 0. The van der Waals surface area contributed by atoms with Crippen molar-refractivity contribution in [3.05, 3.63) is 48.1 Å². The van der Waals surface area contributed by atoms with Gasteiger partial charge in [0.15, 0.2) is 0 Å². The van der Waals surface area contributed by atoms with Crippen LogP contribution in [0, 0.1) is 5.92 Å². The second-order valence-electron chi connectivity index (χ2n) is 5.34. The van der Waals surface area contributed by atoms with Gasteiger partial charge in [-0.15, -0.1) is 0 Å². The van der Waals surface area contributed by atoms with Gasteiger partial charge >= 0.3 is 0 Å². The Labute approximate surface area is 114 Å². The lowest BCUT2D eigenvalue weighted by atomic mass is 10.0. The van der Waals surface area contributed by atoms with Gasteiger partial charge < -0.3 is 0 Å². The number of allylic oxidation sites excluding steroid dienone is 5. The van der Waals surface area contributed by atoms with Crippen molar-refractivity contribution in [1.29, 1.82) is 0 Å². The van der Waals surface area contributed by atoms with E-state index in [1.54, 1.807) is 0 Å². The summed E-state index contributed by atoms with van der Waals surface area (Å²) in [6.07, 6.45) is 10.6. The topological polar surface area (TPSA) is 3.24 Å². The molecule has 102 valence electrons. The summed E-state index contributed by atoms with van der Waals surface area (Å²) in [5.41, 5.74) is 2.49. The maximum atomic E-state index is 4.04. The predicted octanol–water partition coefficient (Wildman–Crippen LogP) is 4.60. The lowest BCUT2D eigenvalue weighted by Crippen LogP contribution is -2.27. The zero-order valence-electron chi connectivity index (χ0n) is 12.9. The fourth-order valence-corrected chi connectivity index (χ4v) is 1.33. The molecule has 0 rings (SSSR count). The fourth-order valence-electron chi connectivity index (χ4n) is 1.33. The molecule has 0 aromatic rings. The van der Waals surface area contributed by atoms with Crippen LogP contribution in [0.15, 0.2) is 48.1 Å². The summed E-state index contributed by atoms with van der Waals surface area (Å²) >= 11 is 0. The molecule has 0 unspecified atom stereocenters. The van der Waals surface area contributed by atoms with E-state index in [1.165, 1.54) is 11.1 Å². The standard InChI is InChI=1S/C17H29N/c1-8-10-17(13-18(7)15(4)5)12-9-11-16(6)14(2)3/h8-12,14-15H,6,13H2,1-5,7H3/b10-8-,11-9+,17-12+. The Bertz CT molecular complexity index is 330. The van der Waals surface area contributed by atoms with Crippen LogP contribution >= 0.6 is 0 Å². The summed E-state index contributed by atoms with van der Waals surface area (Å²) in [5.74, 6) is 0.512. The maximum Gasteiger partial charge on any atom is 0.0233 e. The van der Waals surface area contributed by atoms with Crippen molar-refractivity contribution in [2.45, 2.75) is 40.7 Å². The van der Waals surface area contributed by atoms with Gasteiger partial charge in [-0.25, -0.2) is 0 Å². The molecule has 0 aliphatic carbocycles. The smallest absolute Gasteiger partial charge is 0.0233 e. The second-order valence-corrected chi connectivity index (χ2v) is 5.34. The highest BCUT2D eigenvalue weighted by Crippen LogP contribution is 2.09. The average molecular weight is 247 g/mol. The molecule has 0 bridgehead atoms. The number of rotatable bonds is 7. The molecule has 0 fully saturated rings. The first-order valence-electron chi connectivity index (χ1n) is 6.77. The van der Waals surface area contributed by atoms with Crippen LogP contribution in [0.4, 0.5) is 0 Å². The van der Waals surface area contributed by atoms with Crippen LogP contribution in [0.25, 0.3) is 0 Å². The Kier molecular flexibility index (Phi) is 8.40. The lowest BCUT2D eigenvalue weighted by Gasteiger charge is -2.21. The lowest BCUT2D eigenvalue weighted by molar-refractivity contribution is 0.299. The Balaban J connectivity index is 4.65. The predicted molar refractivity (Wildman–Crippen MR) is 83.8 cm³/mol. The molecule has 1 nitrogen and oxygen atoms in total. The van der Waals surface area contributed by atoms with Crippen LogP contribution in [-0.4, -0.2) is 24.5 Å². The van der Waals surface area contributed by atoms with E-state index in [9.17, 15) is 0 Å². The highest BCUT2D eigenvalue weighted by atomic mass is 15.1. The minimum atomic E-state index is 0.512. The molecule has 0 aliphatic heterocycles. The Morgan fingerprint density at radius 3 is 2.22 bits per heavy atom. The third-order valence-electron chi connectivity index (χ3n) is 3.06. The van der Waals surface area contributed by atoms with Crippen LogP contribution in [0.1, 0.15) is 34.6 Å². The summed E-state index contributed by atoms with van der Waals surface area (Å²) in [4.78, 5) is 2.33. The number of hydrogen-bond acceptors (Lipinski definition) is 1. The SMILES string of the molecule is C=C(/C=C/C=C(\C=C/C)CN(C)C(C)C)C(C)C. The molecule has 0 heterocycles. The number of likely N-dealkylation sites (N-methyl/N-ethyl adjacent to an activating group) is 1. The van der Waals surface area contributed by atoms with E-state index < -0.39 is 0 Å². The van der Waals surface area contributed by atoms with E-state index in [1.807, 2.05) is 0 Å². The highest BCUT2D eigenvalue weighted by molar-refractivity contribution is 5.28. The fraction of sp³-hybridized carbons (Fsp3) is 0.529. The van der Waals surface area contributed by atoms with Crippen LogP contribution in [0.2, 0.25) is 0 Å². The minimum absolute atomic E-state index is 0.512. The van der Waals surface area contributed by atoms with E-state index in [4.69, 9.17) is 0 Å². The molecule has 0 aromatic heterocycles. The van der Waals surface area contributed by atoms with Gasteiger partial charge in [0.05, 0.1) is 0 Å². The monoisotopic (exact) mass is 247 g/mol. The number of nitrogens with zero attached hydrogens (tertiary/aromatic N) is 1. The van der Waals surface area contributed by atoms with Crippen molar-refractivity contribution >= 4 is 0 Å². The van der Waals surface area contributed by atoms with Crippen LogP contribution < -0.4 is 0 Å². The van der Waals surface area contributed by atoms with Gasteiger partial charge in [-0.3, -0.25) is 4.90 Å². The first-order valence-corrected chi connectivity index (χ1v) is 6.77. The average Bonchev–Trinajstić information content (AvgIpc) is 2.28.